The molecule has 0 atom stereocenters. The number of rotatable bonds is 8. The van der Waals surface area contributed by atoms with Gasteiger partial charge in [0.25, 0.3) is 0 Å². The predicted molar refractivity (Wildman–Crippen MR) is 107 cm³/mol. The highest BCUT2D eigenvalue weighted by atomic mass is 19.3. The van der Waals surface area contributed by atoms with Gasteiger partial charge in [-0.25, -0.2) is 18.5 Å². The molecule has 0 aliphatic rings. The molecule has 0 saturated carbocycles. The van der Waals surface area contributed by atoms with Crippen LogP contribution in [0.5, 0.6) is 11.5 Å². The summed E-state index contributed by atoms with van der Waals surface area (Å²) in [4.78, 5) is 23.5. The van der Waals surface area contributed by atoms with Crippen molar-refractivity contribution in [1.82, 2.24) is 14.3 Å². The molecular formula is C21H20F3N3O5. The molecule has 1 aromatic heterocycles. The van der Waals surface area contributed by atoms with Gasteiger partial charge in [-0.05, 0) is 37.6 Å². The molecule has 0 amide bonds. The Morgan fingerprint density at radius 1 is 1.12 bits per heavy atom. The molecule has 0 N–H and O–H groups in total. The van der Waals surface area contributed by atoms with E-state index in [1.54, 1.807) is 12.1 Å². The Kier molecular flexibility index (Phi) is 6.86. The Bertz CT molecular complexity index is 1190. The number of nitrogens with zero attached hydrogens (tertiary/aromatic N) is 3. The largest absolute Gasteiger partial charge is 0.489 e. The number of alkyl halides is 2. The van der Waals surface area contributed by atoms with Crippen LogP contribution in [0.4, 0.5) is 13.2 Å². The van der Waals surface area contributed by atoms with Gasteiger partial charge in [-0.2, -0.15) is 13.5 Å². The van der Waals surface area contributed by atoms with Crippen molar-refractivity contribution in [3.8, 4) is 17.2 Å². The fraction of sp³-hybridized carbons (Fsp3) is 0.286. The van der Waals surface area contributed by atoms with E-state index < -0.39 is 24.0 Å². The smallest absolute Gasteiger partial charge is 0.355 e. The van der Waals surface area contributed by atoms with Crippen molar-refractivity contribution in [2.45, 2.75) is 27.0 Å². The maximum atomic E-state index is 14.6. The second-order valence-corrected chi connectivity index (χ2v) is 6.77. The fourth-order valence-corrected chi connectivity index (χ4v) is 2.88. The highest BCUT2D eigenvalue weighted by molar-refractivity contribution is 5.70. The van der Waals surface area contributed by atoms with Crippen molar-refractivity contribution in [2.75, 3.05) is 13.7 Å². The van der Waals surface area contributed by atoms with Crippen LogP contribution in [-0.4, -0.2) is 34.0 Å². The molecule has 0 unspecified atom stereocenters. The first-order chi connectivity index (χ1) is 15.2. The lowest BCUT2D eigenvalue weighted by atomic mass is 10.1. The second-order valence-electron chi connectivity index (χ2n) is 6.77. The number of ether oxygens (including phenoxy) is 3. The number of carbonyl (C=O) groups excluding carboxylic acids is 1. The lowest BCUT2D eigenvalue weighted by molar-refractivity contribution is -0.142. The molecule has 11 heteroatoms. The normalized spacial score (nSPS) is 11.0. The number of benzene rings is 2. The highest BCUT2D eigenvalue weighted by Gasteiger charge is 2.20. The van der Waals surface area contributed by atoms with E-state index in [0.29, 0.717) is 16.0 Å². The van der Waals surface area contributed by atoms with Gasteiger partial charge >= 0.3 is 18.2 Å². The summed E-state index contributed by atoms with van der Waals surface area (Å²) < 4.78 is 56.9. The maximum absolute atomic E-state index is 14.6. The van der Waals surface area contributed by atoms with Crippen LogP contribution in [0.2, 0.25) is 0 Å². The minimum absolute atomic E-state index is 0.00532. The van der Waals surface area contributed by atoms with Crippen LogP contribution in [0.15, 0.2) is 41.2 Å². The Morgan fingerprint density at radius 2 is 1.88 bits per heavy atom. The summed E-state index contributed by atoms with van der Waals surface area (Å²) in [5.41, 5.74) is 0.0545. The molecule has 0 saturated heterocycles. The summed E-state index contributed by atoms with van der Waals surface area (Å²) in [7, 11) is 1.25. The first-order valence-corrected chi connectivity index (χ1v) is 9.39. The molecule has 1 heterocycles. The van der Waals surface area contributed by atoms with E-state index in [-0.39, 0.29) is 35.0 Å². The van der Waals surface area contributed by atoms with Gasteiger partial charge in [-0.3, -0.25) is 0 Å². The Morgan fingerprint density at radius 3 is 2.50 bits per heavy atom. The molecule has 32 heavy (non-hydrogen) atoms. The molecule has 170 valence electrons. The second kappa shape index (κ2) is 9.58. The molecule has 0 aliphatic carbocycles. The summed E-state index contributed by atoms with van der Waals surface area (Å²) in [5.74, 6) is -1.13. The summed E-state index contributed by atoms with van der Waals surface area (Å²) in [6.45, 7) is -0.305. The molecule has 0 spiro atoms. The maximum Gasteiger partial charge on any atom is 0.355 e. The molecular weight excluding hydrogens is 431 g/mol. The standard InChI is InChI=1S/C21H20F3N3O5/c1-12-4-5-14(18(8-12)32-11-19(28)30-3)10-31-15-6-7-17(16(22)9-15)27-21(29)26(20(23)24)13(2)25-27/h4-9,20H,10-11H2,1-3H3. The average Bonchev–Trinajstić information content (AvgIpc) is 3.05. The number of aromatic nitrogens is 3. The first-order valence-electron chi connectivity index (χ1n) is 9.39. The van der Waals surface area contributed by atoms with E-state index in [0.717, 1.165) is 11.6 Å². The Hall–Kier alpha value is -3.76. The van der Waals surface area contributed by atoms with Gasteiger partial charge in [0.05, 0.1) is 7.11 Å². The first kappa shape index (κ1) is 22.9. The molecule has 3 aromatic rings. The number of halogens is 3. The van der Waals surface area contributed by atoms with E-state index >= 15 is 0 Å². The third kappa shape index (κ3) is 4.93. The summed E-state index contributed by atoms with van der Waals surface area (Å²) in [5, 5.41) is 3.70. The number of methoxy groups -OCH3 is 1. The van der Waals surface area contributed by atoms with Crippen LogP contribution in [0, 0.1) is 19.7 Å². The van der Waals surface area contributed by atoms with E-state index in [1.807, 2.05) is 13.0 Å². The van der Waals surface area contributed by atoms with Crippen LogP contribution in [0.3, 0.4) is 0 Å². The molecule has 0 radical (unpaired) electrons. The van der Waals surface area contributed by atoms with Gasteiger partial charge in [-0.1, -0.05) is 12.1 Å². The molecule has 0 bridgehead atoms. The number of hydrogen-bond acceptors (Lipinski definition) is 6. The SMILES string of the molecule is COC(=O)COc1cc(C)ccc1COc1ccc(-n2nc(C)n(C(F)F)c2=O)c(F)c1. The third-order valence-electron chi connectivity index (χ3n) is 4.51. The van der Waals surface area contributed by atoms with Gasteiger partial charge in [0.2, 0.25) is 0 Å². The Labute approximate surface area is 180 Å². The van der Waals surface area contributed by atoms with Crippen molar-refractivity contribution in [1.29, 1.82) is 0 Å². The highest BCUT2D eigenvalue weighted by Crippen LogP contribution is 2.24. The van der Waals surface area contributed by atoms with Crippen molar-refractivity contribution in [3.63, 3.8) is 0 Å². The minimum atomic E-state index is -3.09. The summed E-state index contributed by atoms with van der Waals surface area (Å²) >= 11 is 0. The molecule has 0 aliphatic heterocycles. The zero-order valence-corrected chi connectivity index (χ0v) is 17.5. The van der Waals surface area contributed by atoms with E-state index in [9.17, 15) is 22.8 Å². The third-order valence-corrected chi connectivity index (χ3v) is 4.51. The van der Waals surface area contributed by atoms with Gasteiger partial charge in [0, 0.05) is 11.6 Å². The molecule has 8 nitrogen and oxygen atoms in total. The quantitative estimate of drug-likeness (QED) is 0.489. The number of hydrogen-bond donors (Lipinski definition) is 0. The van der Waals surface area contributed by atoms with E-state index in [4.69, 9.17) is 9.47 Å². The summed E-state index contributed by atoms with van der Waals surface area (Å²) in [6.07, 6.45) is 0. The van der Waals surface area contributed by atoms with Gasteiger partial charge in [0.15, 0.2) is 12.4 Å². The lowest BCUT2D eigenvalue weighted by Crippen LogP contribution is -2.25. The van der Waals surface area contributed by atoms with Gasteiger partial charge in [-0.15, -0.1) is 5.10 Å². The minimum Gasteiger partial charge on any atom is -0.489 e. The van der Waals surface area contributed by atoms with E-state index in [1.165, 1.54) is 26.2 Å². The Balaban J connectivity index is 1.79. The van der Waals surface area contributed by atoms with Crippen LogP contribution < -0.4 is 15.2 Å². The number of aryl methyl sites for hydroxylation is 2. The predicted octanol–water partition coefficient (Wildman–Crippen LogP) is 3.32. The fourth-order valence-electron chi connectivity index (χ4n) is 2.88. The van der Waals surface area contributed by atoms with Gasteiger partial charge in [0.1, 0.15) is 29.6 Å². The zero-order valence-electron chi connectivity index (χ0n) is 17.5. The summed E-state index contributed by atoms with van der Waals surface area (Å²) in [6, 6.07) is 8.89. The van der Waals surface area contributed by atoms with Crippen LogP contribution in [-0.2, 0) is 16.1 Å². The van der Waals surface area contributed by atoms with Crippen molar-refractivity contribution >= 4 is 5.97 Å². The van der Waals surface area contributed by atoms with Gasteiger partial charge < -0.3 is 14.2 Å². The van der Waals surface area contributed by atoms with Crippen molar-refractivity contribution in [2.24, 2.45) is 0 Å². The lowest BCUT2D eigenvalue weighted by Gasteiger charge is -2.13. The van der Waals surface area contributed by atoms with Crippen LogP contribution >= 0.6 is 0 Å². The topological polar surface area (TPSA) is 84.6 Å². The zero-order chi connectivity index (χ0) is 23.4. The number of esters is 1. The molecule has 2 aromatic carbocycles. The van der Waals surface area contributed by atoms with E-state index in [2.05, 4.69) is 9.84 Å². The number of carbonyl (C=O) groups is 1. The van der Waals surface area contributed by atoms with Crippen molar-refractivity contribution in [3.05, 3.63) is 69.7 Å². The van der Waals surface area contributed by atoms with Crippen LogP contribution in [0.25, 0.3) is 5.69 Å². The molecule has 3 rings (SSSR count). The van der Waals surface area contributed by atoms with Crippen LogP contribution in [0.1, 0.15) is 23.5 Å². The monoisotopic (exact) mass is 451 g/mol. The average molecular weight is 451 g/mol. The van der Waals surface area contributed by atoms with Crippen molar-refractivity contribution < 1.29 is 32.2 Å². The molecule has 0 fully saturated rings.